The van der Waals surface area contributed by atoms with Crippen LogP contribution in [0.5, 0.6) is 0 Å². The van der Waals surface area contributed by atoms with Crippen LogP contribution in [-0.2, 0) is 21.1 Å². The number of carbonyl (C=O) groups is 3. The number of carboxylic acid groups (broad SMARTS) is 6. The van der Waals surface area contributed by atoms with Crippen LogP contribution in [0.4, 0.5) is 14.4 Å². The van der Waals surface area contributed by atoms with Crippen LogP contribution in [0.1, 0.15) is 25.7 Å². The Hall–Kier alpha value is -1.76. The first-order valence-corrected chi connectivity index (χ1v) is 4.49. The van der Waals surface area contributed by atoms with Gasteiger partial charge in [-0.1, -0.05) is 12.2 Å². The molecule has 19 heavy (non-hydrogen) atoms. The summed E-state index contributed by atoms with van der Waals surface area (Å²) in [6.45, 7) is 0. The smallest absolute Gasteiger partial charge is 0 e. The van der Waals surface area contributed by atoms with Crippen molar-refractivity contribution >= 4 is 18.5 Å². The molecule has 0 unspecified atom stereocenters. The van der Waals surface area contributed by atoms with E-state index >= 15 is 0 Å². The van der Waals surface area contributed by atoms with Crippen LogP contribution in [0, 0.1) is 0 Å². The molecule has 0 aromatic carbocycles. The minimum Gasteiger partial charge on any atom is -0.652 e. The molecular weight excluding hydrogens is 348 g/mol. The summed E-state index contributed by atoms with van der Waals surface area (Å²) in [5, 5.41) is 50.0. The minimum absolute atomic E-state index is 0. The maximum Gasteiger partial charge on any atom is 0 e. The zero-order chi connectivity index (χ0) is 15.0. The Balaban J connectivity index is -0.0000000796. The first kappa shape index (κ1) is 25.9. The molecule has 0 N–H and O–H groups in total. The van der Waals surface area contributed by atoms with E-state index in [4.69, 9.17) is 45.0 Å². The number of hydrogen-bond donors (Lipinski definition) is 0. The Labute approximate surface area is 123 Å². The van der Waals surface area contributed by atoms with Crippen LogP contribution in [0.2, 0.25) is 0 Å². The topological polar surface area (TPSA) is 190 Å². The van der Waals surface area contributed by atoms with E-state index in [9.17, 15) is 0 Å². The molecule has 1 aliphatic rings. The van der Waals surface area contributed by atoms with Crippen molar-refractivity contribution < 1.29 is 66.1 Å². The van der Waals surface area contributed by atoms with Gasteiger partial charge in [-0.05, 0) is 44.1 Å². The number of hydrogen-bond acceptors (Lipinski definition) is 9. The largest absolute Gasteiger partial charge is 0.652 e. The van der Waals surface area contributed by atoms with E-state index in [1.807, 2.05) is 0 Å². The number of allylic oxidation sites excluding steroid dienone is 2. The molecule has 0 amide bonds. The van der Waals surface area contributed by atoms with Gasteiger partial charge >= 0.3 is 0 Å². The molecule has 0 fully saturated rings. The van der Waals surface area contributed by atoms with Gasteiger partial charge in [0.1, 0.15) is 0 Å². The third-order valence-corrected chi connectivity index (χ3v) is 1.16. The molecule has 10 heteroatoms. The van der Waals surface area contributed by atoms with Crippen LogP contribution in [-0.4, -0.2) is 18.5 Å². The Morgan fingerprint density at radius 3 is 0.842 bits per heavy atom. The molecule has 0 bridgehead atoms. The van der Waals surface area contributed by atoms with Crippen molar-refractivity contribution in [2.24, 2.45) is 0 Å². The van der Waals surface area contributed by atoms with Gasteiger partial charge in [-0.2, -0.15) is 0 Å². The molecule has 0 radical (unpaired) electrons. The molecule has 0 atom stereocenters. The molecule has 0 aromatic heterocycles. The molecule has 0 aliphatic heterocycles. The van der Waals surface area contributed by atoms with Crippen molar-refractivity contribution in [2.75, 3.05) is 0 Å². The minimum atomic E-state index is -2.33. The Morgan fingerprint density at radius 1 is 0.632 bits per heavy atom. The van der Waals surface area contributed by atoms with Gasteiger partial charge in [0, 0.05) is 21.1 Å². The predicted octanol–water partition coefficient (Wildman–Crippen LogP) is -5.23. The number of carbonyl (C=O) groups excluding carboxylic acids is 3. The van der Waals surface area contributed by atoms with E-state index in [1.165, 1.54) is 25.7 Å². The molecule has 0 aromatic rings. The maximum absolute atomic E-state index is 8.33. The van der Waals surface area contributed by atoms with E-state index in [2.05, 4.69) is 12.2 Å². The van der Waals surface area contributed by atoms with Crippen molar-refractivity contribution in [2.45, 2.75) is 25.7 Å². The Morgan fingerprint density at radius 2 is 0.789 bits per heavy atom. The summed E-state index contributed by atoms with van der Waals surface area (Å²) in [6, 6.07) is 0. The van der Waals surface area contributed by atoms with Crippen molar-refractivity contribution in [3.8, 4) is 0 Å². The fraction of sp³-hybridized carbons (Fsp3) is 0.444. The average Bonchev–Trinajstić information content (AvgIpc) is 2.17. The van der Waals surface area contributed by atoms with E-state index in [0.29, 0.717) is 0 Å². The normalized spacial score (nSPS) is 10.5. The molecule has 1 aliphatic carbocycles. The summed E-state index contributed by atoms with van der Waals surface area (Å²) < 4.78 is 0. The van der Waals surface area contributed by atoms with Crippen molar-refractivity contribution in [1.29, 1.82) is 0 Å². The average molecular weight is 358 g/mol. The van der Waals surface area contributed by atoms with Crippen LogP contribution in [0.25, 0.3) is 0 Å². The van der Waals surface area contributed by atoms with Crippen molar-refractivity contribution in [3.63, 3.8) is 0 Å². The monoisotopic (exact) mass is 360 g/mol. The second-order valence-corrected chi connectivity index (χ2v) is 2.51. The second kappa shape index (κ2) is 21.5. The third kappa shape index (κ3) is 183. The molecule has 9 nitrogen and oxygen atoms in total. The molecule has 1 rings (SSSR count). The summed E-state index contributed by atoms with van der Waals surface area (Å²) in [5.74, 6) is 0. The molecule has 0 saturated heterocycles. The van der Waals surface area contributed by atoms with Gasteiger partial charge < -0.3 is 45.0 Å². The van der Waals surface area contributed by atoms with Crippen LogP contribution >= 0.6 is 0 Å². The SMILES string of the molecule is C1=CCCCC1.O=C([O-])[O-].O=C([O-])[O-].O=C([O-])[O-].[Mo]. The number of rotatable bonds is 0. The predicted molar refractivity (Wildman–Crippen MR) is 43.8 cm³/mol. The van der Waals surface area contributed by atoms with Gasteiger partial charge in [0.15, 0.2) is 0 Å². The summed E-state index contributed by atoms with van der Waals surface area (Å²) in [5.41, 5.74) is 0. The Bertz CT molecular complexity index is 216. The summed E-state index contributed by atoms with van der Waals surface area (Å²) in [6.07, 6.45) is 3.00. The van der Waals surface area contributed by atoms with Crippen molar-refractivity contribution in [3.05, 3.63) is 12.2 Å². The van der Waals surface area contributed by atoms with Gasteiger partial charge in [0.25, 0.3) is 0 Å². The van der Waals surface area contributed by atoms with E-state index in [0.717, 1.165) is 0 Å². The van der Waals surface area contributed by atoms with Crippen LogP contribution in [0.15, 0.2) is 12.2 Å². The van der Waals surface area contributed by atoms with Gasteiger partial charge in [-0.25, -0.2) is 0 Å². The van der Waals surface area contributed by atoms with Gasteiger partial charge in [-0.3, -0.25) is 0 Å². The van der Waals surface area contributed by atoms with Crippen LogP contribution < -0.4 is 30.6 Å². The van der Waals surface area contributed by atoms with Crippen LogP contribution in [0.3, 0.4) is 0 Å². The zero-order valence-corrected chi connectivity index (χ0v) is 11.6. The fourth-order valence-corrected chi connectivity index (χ4v) is 0.760. The van der Waals surface area contributed by atoms with Gasteiger partial charge in [-0.15, -0.1) is 0 Å². The summed E-state index contributed by atoms with van der Waals surface area (Å²) in [7, 11) is 0. The second-order valence-electron chi connectivity index (χ2n) is 2.51. The van der Waals surface area contributed by atoms with Crippen molar-refractivity contribution in [1.82, 2.24) is 0 Å². The van der Waals surface area contributed by atoms with Gasteiger partial charge in [0.2, 0.25) is 0 Å². The van der Waals surface area contributed by atoms with E-state index in [1.54, 1.807) is 0 Å². The molecule has 112 valence electrons. The van der Waals surface area contributed by atoms with Gasteiger partial charge in [0.05, 0.1) is 0 Å². The third-order valence-electron chi connectivity index (χ3n) is 1.16. The summed E-state index contributed by atoms with van der Waals surface area (Å²) >= 11 is 0. The molecule has 0 saturated carbocycles. The van der Waals surface area contributed by atoms with E-state index in [-0.39, 0.29) is 21.1 Å². The quantitative estimate of drug-likeness (QED) is 0.301. The zero-order valence-electron chi connectivity index (χ0n) is 9.57. The van der Waals surface area contributed by atoms with E-state index < -0.39 is 18.5 Å². The Kier molecular flexibility index (Phi) is 29.4. The summed E-state index contributed by atoms with van der Waals surface area (Å²) in [4.78, 5) is 25.0. The first-order valence-electron chi connectivity index (χ1n) is 4.49. The standard InChI is InChI=1S/C6H10.3CH2O3.Mo/c1-2-4-6-5-3-1;3*2-1(3)4;/h1-2H,3-6H2;3*(H2,2,3,4);/p-6. The molecule has 0 spiro atoms. The molecular formula is C9H10MoO9-6. The maximum atomic E-state index is 8.33. The molecule has 0 heterocycles. The fourth-order valence-electron chi connectivity index (χ4n) is 0.760. The first-order chi connectivity index (χ1) is 8.20.